The number of hydrogen-bond donors (Lipinski definition) is 2. The number of Topliss-reactive ketones (excluding diaryl/α,β-unsaturated/α-hetero) is 1. The van der Waals surface area contributed by atoms with Crippen LogP contribution in [0.3, 0.4) is 0 Å². The van der Waals surface area contributed by atoms with Crippen LogP contribution in [-0.2, 0) is 4.79 Å². The maximum absolute atomic E-state index is 12.5. The molecule has 9 heteroatoms. The Morgan fingerprint density at radius 1 is 1.05 bits per heavy atom. The molecular weight excluding hydrogens is 343 g/mol. The molecule has 2 atom stereocenters. The summed E-state index contributed by atoms with van der Waals surface area (Å²) in [5.74, 6) is -1.84. The van der Waals surface area contributed by atoms with Crippen molar-refractivity contribution >= 4 is 51.7 Å². The lowest BCUT2D eigenvalue weighted by Crippen LogP contribution is -2.24. The standard InChI is InChI=1S/C11H10Cl2N2O3S2/c12-10-14-1-7(19-10)5(3-16)9(18)6(4-17)8-2-15-11(13)20-8/h1-2,5-6,16-17H,3-4H2. The van der Waals surface area contributed by atoms with Gasteiger partial charge in [-0.25, -0.2) is 9.97 Å². The van der Waals surface area contributed by atoms with Crippen LogP contribution in [0.1, 0.15) is 21.6 Å². The predicted molar refractivity (Wildman–Crippen MR) is 78.9 cm³/mol. The molecule has 2 aromatic rings. The number of aromatic nitrogens is 2. The summed E-state index contributed by atoms with van der Waals surface area (Å²) in [5, 5.41) is 18.9. The molecule has 2 aromatic heterocycles. The van der Waals surface area contributed by atoms with Crippen LogP contribution in [0.4, 0.5) is 0 Å². The zero-order chi connectivity index (χ0) is 14.7. The maximum atomic E-state index is 12.5. The number of ketones is 1. The Morgan fingerprint density at radius 3 is 1.70 bits per heavy atom. The van der Waals surface area contributed by atoms with Crippen LogP contribution in [0.25, 0.3) is 0 Å². The lowest BCUT2D eigenvalue weighted by molar-refractivity contribution is -0.123. The Balaban J connectivity index is 2.26. The first-order valence-corrected chi connectivity index (χ1v) is 7.93. The largest absolute Gasteiger partial charge is 0.395 e. The molecule has 0 amide bonds. The van der Waals surface area contributed by atoms with E-state index in [9.17, 15) is 15.0 Å². The number of carbonyl (C=O) groups is 1. The minimum Gasteiger partial charge on any atom is -0.395 e. The van der Waals surface area contributed by atoms with Crippen molar-refractivity contribution in [3.63, 3.8) is 0 Å². The molecule has 5 nitrogen and oxygen atoms in total. The lowest BCUT2D eigenvalue weighted by atomic mass is 9.92. The highest BCUT2D eigenvalue weighted by molar-refractivity contribution is 7.16. The quantitative estimate of drug-likeness (QED) is 0.833. The van der Waals surface area contributed by atoms with Crippen molar-refractivity contribution in [3.05, 3.63) is 31.1 Å². The van der Waals surface area contributed by atoms with Crippen molar-refractivity contribution in [2.45, 2.75) is 11.8 Å². The highest BCUT2D eigenvalue weighted by Crippen LogP contribution is 2.33. The van der Waals surface area contributed by atoms with E-state index >= 15 is 0 Å². The first kappa shape index (κ1) is 15.8. The monoisotopic (exact) mass is 352 g/mol. The zero-order valence-corrected chi connectivity index (χ0v) is 13.1. The molecule has 2 unspecified atom stereocenters. The summed E-state index contributed by atoms with van der Waals surface area (Å²) in [6.45, 7) is -0.749. The van der Waals surface area contributed by atoms with Gasteiger partial charge in [-0.1, -0.05) is 23.2 Å². The molecule has 0 aliphatic carbocycles. The highest BCUT2D eigenvalue weighted by atomic mass is 35.5. The number of carbonyl (C=O) groups excluding carboxylic acids is 1. The van der Waals surface area contributed by atoms with E-state index in [2.05, 4.69) is 9.97 Å². The second kappa shape index (κ2) is 6.93. The Morgan fingerprint density at radius 2 is 1.45 bits per heavy atom. The molecule has 0 aliphatic rings. The summed E-state index contributed by atoms with van der Waals surface area (Å²) in [6.07, 6.45) is 2.92. The normalized spacial score (nSPS) is 14.2. The summed E-state index contributed by atoms with van der Waals surface area (Å²) in [5.41, 5.74) is 0. The fraction of sp³-hybridized carbons (Fsp3) is 0.364. The summed E-state index contributed by atoms with van der Waals surface area (Å²) >= 11 is 13.7. The van der Waals surface area contributed by atoms with Crippen LogP contribution in [0.5, 0.6) is 0 Å². The van der Waals surface area contributed by atoms with Gasteiger partial charge in [-0.15, -0.1) is 22.7 Å². The molecule has 2 heterocycles. The number of halogens is 2. The molecule has 0 saturated carbocycles. The van der Waals surface area contributed by atoms with Crippen molar-refractivity contribution < 1.29 is 15.0 Å². The van der Waals surface area contributed by atoms with Gasteiger partial charge in [0.05, 0.1) is 25.0 Å². The van der Waals surface area contributed by atoms with Crippen molar-refractivity contribution in [1.29, 1.82) is 0 Å². The van der Waals surface area contributed by atoms with Gasteiger partial charge in [0, 0.05) is 22.1 Å². The van der Waals surface area contributed by atoms with E-state index in [1.165, 1.54) is 12.4 Å². The first-order chi connectivity index (χ1) is 9.56. The molecule has 0 spiro atoms. The Bertz CT molecular complexity index is 552. The highest BCUT2D eigenvalue weighted by Gasteiger charge is 2.31. The van der Waals surface area contributed by atoms with E-state index in [4.69, 9.17) is 23.2 Å². The maximum Gasteiger partial charge on any atom is 0.183 e. The minimum absolute atomic E-state index is 0.299. The van der Waals surface area contributed by atoms with Crippen molar-refractivity contribution in [3.8, 4) is 0 Å². The summed E-state index contributed by atoms with van der Waals surface area (Å²) in [7, 11) is 0. The van der Waals surface area contributed by atoms with Crippen LogP contribution < -0.4 is 0 Å². The third-order valence-electron chi connectivity index (χ3n) is 2.73. The van der Waals surface area contributed by atoms with E-state index in [1.54, 1.807) is 0 Å². The molecule has 0 aliphatic heterocycles. The van der Waals surface area contributed by atoms with E-state index < -0.39 is 11.8 Å². The fourth-order valence-electron chi connectivity index (χ4n) is 1.73. The van der Waals surface area contributed by atoms with Crippen LogP contribution in [0, 0.1) is 0 Å². The molecule has 2 rings (SSSR count). The molecule has 20 heavy (non-hydrogen) atoms. The summed E-state index contributed by atoms with van der Waals surface area (Å²) in [4.78, 5) is 21.3. The molecule has 0 bridgehead atoms. The number of hydrogen-bond acceptors (Lipinski definition) is 7. The average Bonchev–Trinajstić information content (AvgIpc) is 3.01. The van der Waals surface area contributed by atoms with Crippen LogP contribution in [0.15, 0.2) is 12.4 Å². The van der Waals surface area contributed by atoms with Crippen molar-refractivity contribution in [2.75, 3.05) is 13.2 Å². The first-order valence-electron chi connectivity index (χ1n) is 5.54. The van der Waals surface area contributed by atoms with E-state index in [-0.39, 0.29) is 19.0 Å². The Hall–Kier alpha value is -0.570. The molecule has 0 saturated heterocycles. The second-order valence-electron chi connectivity index (χ2n) is 3.90. The smallest absolute Gasteiger partial charge is 0.183 e. The SMILES string of the molecule is O=C(C(CO)c1cnc(Cl)s1)C(CO)c1cnc(Cl)s1. The fourth-order valence-corrected chi connectivity index (χ4v) is 3.84. The minimum atomic E-state index is -0.766. The molecular formula is C11H10Cl2N2O3S2. The molecule has 0 fully saturated rings. The van der Waals surface area contributed by atoms with Gasteiger partial charge in [0.2, 0.25) is 0 Å². The van der Waals surface area contributed by atoms with Crippen molar-refractivity contribution in [2.24, 2.45) is 0 Å². The van der Waals surface area contributed by atoms with Crippen LogP contribution in [0.2, 0.25) is 8.93 Å². The third kappa shape index (κ3) is 3.36. The Labute approximate surface area is 132 Å². The molecule has 2 N–H and O–H groups in total. The van der Waals surface area contributed by atoms with Crippen molar-refractivity contribution in [1.82, 2.24) is 9.97 Å². The number of aliphatic hydroxyl groups is 2. The number of nitrogens with zero attached hydrogens (tertiary/aromatic N) is 2. The molecule has 0 aromatic carbocycles. The van der Waals surface area contributed by atoms with E-state index in [0.29, 0.717) is 18.7 Å². The van der Waals surface area contributed by atoms with Gasteiger partial charge >= 0.3 is 0 Å². The Kier molecular flexibility index (Phi) is 5.48. The molecule has 108 valence electrons. The third-order valence-corrected chi connectivity index (χ3v) is 5.19. The number of aliphatic hydroxyl groups excluding tert-OH is 2. The lowest BCUT2D eigenvalue weighted by Gasteiger charge is -2.17. The van der Waals surface area contributed by atoms with Crippen LogP contribution >= 0.6 is 45.9 Å². The predicted octanol–water partition coefficient (Wildman–Crippen LogP) is 2.33. The summed E-state index contributed by atoms with van der Waals surface area (Å²) < 4.78 is 0.597. The van der Waals surface area contributed by atoms with Gasteiger partial charge < -0.3 is 10.2 Å². The van der Waals surface area contributed by atoms with Gasteiger partial charge in [-0.3, -0.25) is 4.79 Å². The van der Waals surface area contributed by atoms with Gasteiger partial charge in [-0.2, -0.15) is 0 Å². The number of rotatable bonds is 6. The van der Waals surface area contributed by atoms with Gasteiger partial charge in [0.1, 0.15) is 0 Å². The average molecular weight is 353 g/mol. The van der Waals surface area contributed by atoms with Crippen LogP contribution in [-0.4, -0.2) is 39.2 Å². The van der Waals surface area contributed by atoms with E-state index in [0.717, 1.165) is 22.7 Å². The van der Waals surface area contributed by atoms with Gasteiger partial charge in [0.15, 0.2) is 14.7 Å². The molecule has 0 radical (unpaired) electrons. The zero-order valence-electron chi connectivity index (χ0n) is 9.99. The summed E-state index contributed by atoms with van der Waals surface area (Å²) in [6, 6.07) is 0. The van der Waals surface area contributed by atoms with E-state index in [1.807, 2.05) is 0 Å². The topological polar surface area (TPSA) is 83.3 Å². The second-order valence-corrected chi connectivity index (χ2v) is 7.19. The number of thiazole rings is 2. The van der Waals surface area contributed by atoms with Gasteiger partial charge in [0.25, 0.3) is 0 Å². The van der Waals surface area contributed by atoms with Gasteiger partial charge in [-0.05, 0) is 0 Å².